The third-order valence-electron chi connectivity index (χ3n) is 4.25. The van der Waals surface area contributed by atoms with Crippen molar-refractivity contribution in [1.82, 2.24) is 0 Å². The van der Waals surface area contributed by atoms with Gasteiger partial charge in [0, 0.05) is 0 Å². The number of hydrogen-bond acceptors (Lipinski definition) is 0. The van der Waals surface area contributed by atoms with Crippen molar-refractivity contribution in [3.8, 4) is 11.1 Å². The van der Waals surface area contributed by atoms with E-state index < -0.39 is 34.6 Å². The molecule has 0 saturated carbocycles. The molecular weight excluding hydrogens is 323 g/mol. The van der Waals surface area contributed by atoms with Gasteiger partial charge in [-0.15, -0.1) is 0 Å². The first-order valence-electron chi connectivity index (χ1n) is 7.77. The van der Waals surface area contributed by atoms with Gasteiger partial charge in [0.1, 0.15) is 11.6 Å². The Morgan fingerprint density at radius 1 is 0.833 bits per heavy atom. The summed E-state index contributed by atoms with van der Waals surface area (Å²) < 4.78 is 69.0. The smallest absolute Gasteiger partial charge is 0.194 e. The molecule has 0 radical (unpaired) electrons. The summed E-state index contributed by atoms with van der Waals surface area (Å²) in [5, 5.41) is 0. The van der Waals surface area contributed by atoms with Crippen molar-refractivity contribution in [3.05, 3.63) is 64.0 Å². The van der Waals surface area contributed by atoms with Crippen LogP contribution in [0, 0.1) is 29.1 Å². The van der Waals surface area contributed by atoms with Crippen LogP contribution in [0.2, 0.25) is 0 Å². The molecule has 24 heavy (non-hydrogen) atoms. The van der Waals surface area contributed by atoms with Crippen molar-refractivity contribution >= 4 is 6.08 Å². The maximum absolute atomic E-state index is 14.8. The van der Waals surface area contributed by atoms with Crippen LogP contribution in [0.1, 0.15) is 37.3 Å². The Morgan fingerprint density at radius 2 is 1.50 bits per heavy atom. The summed E-state index contributed by atoms with van der Waals surface area (Å²) in [6.07, 6.45) is 4.63. The molecule has 2 aromatic rings. The van der Waals surface area contributed by atoms with Gasteiger partial charge in [0.15, 0.2) is 17.5 Å². The number of hydrogen-bond donors (Lipinski definition) is 0. The van der Waals surface area contributed by atoms with E-state index >= 15 is 0 Å². The van der Waals surface area contributed by atoms with E-state index in [4.69, 9.17) is 0 Å². The van der Waals surface area contributed by atoms with E-state index in [1.807, 2.05) is 6.92 Å². The van der Waals surface area contributed by atoms with Gasteiger partial charge in [-0.25, -0.2) is 22.0 Å². The Kier molecular flexibility index (Phi) is 4.43. The van der Waals surface area contributed by atoms with Crippen molar-refractivity contribution in [3.63, 3.8) is 0 Å². The molecule has 1 aliphatic rings. The zero-order chi connectivity index (χ0) is 17.4. The topological polar surface area (TPSA) is 0 Å². The van der Waals surface area contributed by atoms with Crippen LogP contribution in [0.15, 0.2) is 23.8 Å². The largest absolute Gasteiger partial charge is 0.206 e. The minimum atomic E-state index is -1.66. The Balaban J connectivity index is 2.16. The lowest BCUT2D eigenvalue weighted by Gasteiger charge is -2.19. The van der Waals surface area contributed by atoms with Crippen molar-refractivity contribution in [2.45, 2.75) is 32.6 Å². The Labute approximate surface area is 136 Å². The van der Waals surface area contributed by atoms with Gasteiger partial charge in [0.05, 0.1) is 5.56 Å². The number of allylic oxidation sites excluding steroid dienone is 1. The summed E-state index contributed by atoms with van der Waals surface area (Å²) in [5.74, 6) is -6.39. The highest BCUT2D eigenvalue weighted by Gasteiger charge is 2.23. The molecule has 0 N–H and O–H groups in total. The molecule has 126 valence electrons. The van der Waals surface area contributed by atoms with E-state index in [9.17, 15) is 22.0 Å². The third kappa shape index (κ3) is 2.83. The average Bonchev–Trinajstić information content (AvgIpc) is 2.52. The fourth-order valence-electron chi connectivity index (χ4n) is 3.12. The molecule has 0 fully saturated rings. The van der Waals surface area contributed by atoms with Crippen LogP contribution in [0.5, 0.6) is 0 Å². The molecule has 0 amide bonds. The first-order chi connectivity index (χ1) is 11.4. The summed E-state index contributed by atoms with van der Waals surface area (Å²) in [6.45, 7) is 2.03. The van der Waals surface area contributed by atoms with Gasteiger partial charge >= 0.3 is 0 Å². The number of rotatable bonds is 3. The normalized spacial score (nSPS) is 13.7. The predicted molar refractivity (Wildman–Crippen MR) is 82.9 cm³/mol. The molecule has 0 atom stereocenters. The summed E-state index contributed by atoms with van der Waals surface area (Å²) in [5.41, 5.74) is 1.00. The highest BCUT2D eigenvalue weighted by Crippen LogP contribution is 2.36. The lowest BCUT2D eigenvalue weighted by molar-refractivity contribution is 0.447. The summed E-state index contributed by atoms with van der Waals surface area (Å²) in [4.78, 5) is 0. The van der Waals surface area contributed by atoms with E-state index in [-0.39, 0.29) is 5.56 Å². The zero-order valence-corrected chi connectivity index (χ0v) is 13.0. The summed E-state index contributed by atoms with van der Waals surface area (Å²) in [7, 11) is 0. The predicted octanol–water partition coefficient (Wildman–Crippen LogP) is 6.18. The molecule has 0 saturated heterocycles. The van der Waals surface area contributed by atoms with Crippen LogP contribution in [-0.2, 0) is 6.42 Å². The molecule has 2 aromatic carbocycles. The quantitative estimate of drug-likeness (QED) is 0.463. The van der Waals surface area contributed by atoms with Crippen LogP contribution < -0.4 is 0 Å². The average molecular weight is 338 g/mol. The molecule has 0 bridgehead atoms. The van der Waals surface area contributed by atoms with E-state index in [1.54, 1.807) is 6.08 Å². The minimum absolute atomic E-state index is 0.316. The van der Waals surface area contributed by atoms with Crippen LogP contribution in [-0.4, -0.2) is 0 Å². The fraction of sp³-hybridized carbons (Fsp3) is 0.263. The van der Waals surface area contributed by atoms with Gasteiger partial charge in [0.2, 0.25) is 0 Å². The first kappa shape index (κ1) is 16.7. The van der Waals surface area contributed by atoms with E-state index in [1.165, 1.54) is 6.07 Å². The molecule has 5 heteroatoms. The van der Waals surface area contributed by atoms with Gasteiger partial charge < -0.3 is 0 Å². The van der Waals surface area contributed by atoms with Crippen molar-refractivity contribution in [2.75, 3.05) is 0 Å². The zero-order valence-electron chi connectivity index (χ0n) is 13.0. The van der Waals surface area contributed by atoms with Crippen LogP contribution >= 0.6 is 0 Å². The van der Waals surface area contributed by atoms with Gasteiger partial charge in [0.25, 0.3) is 0 Å². The van der Waals surface area contributed by atoms with Crippen molar-refractivity contribution < 1.29 is 22.0 Å². The molecule has 1 aliphatic carbocycles. The molecule has 0 nitrogen and oxygen atoms in total. The van der Waals surface area contributed by atoms with Crippen LogP contribution in [0.4, 0.5) is 22.0 Å². The Hall–Kier alpha value is -2.17. The van der Waals surface area contributed by atoms with Gasteiger partial charge in [-0.1, -0.05) is 25.0 Å². The molecule has 3 rings (SSSR count). The highest BCUT2D eigenvalue weighted by molar-refractivity contribution is 5.71. The monoisotopic (exact) mass is 338 g/mol. The Bertz CT molecular complexity index is 813. The second-order valence-electron chi connectivity index (χ2n) is 5.92. The molecule has 0 spiro atoms. The van der Waals surface area contributed by atoms with Crippen molar-refractivity contribution in [2.24, 2.45) is 0 Å². The number of benzene rings is 2. The third-order valence-corrected chi connectivity index (χ3v) is 4.25. The molecule has 0 heterocycles. The second-order valence-corrected chi connectivity index (χ2v) is 5.92. The van der Waals surface area contributed by atoms with Crippen LogP contribution in [0.3, 0.4) is 0 Å². The van der Waals surface area contributed by atoms with Crippen LogP contribution in [0.25, 0.3) is 17.2 Å². The molecular formula is C19H15F5. The lowest BCUT2D eigenvalue weighted by atomic mass is 9.87. The minimum Gasteiger partial charge on any atom is -0.206 e. The standard InChI is InChI=1S/C19H15F5/c1-2-3-10-4-5-13-11(6-10)7-14(20)17(18(13)23)12-8-15(21)19(24)16(22)9-12/h6-9H,2-5H2,1H3. The van der Waals surface area contributed by atoms with E-state index in [0.717, 1.165) is 18.4 Å². The van der Waals surface area contributed by atoms with E-state index in [2.05, 4.69) is 0 Å². The van der Waals surface area contributed by atoms with Crippen molar-refractivity contribution in [1.29, 1.82) is 0 Å². The summed E-state index contributed by atoms with van der Waals surface area (Å²) >= 11 is 0. The molecule has 0 aromatic heterocycles. The van der Waals surface area contributed by atoms with Gasteiger partial charge in [-0.3, -0.25) is 0 Å². The molecule has 0 aliphatic heterocycles. The fourth-order valence-corrected chi connectivity index (χ4v) is 3.12. The number of halogens is 5. The van der Waals surface area contributed by atoms with Gasteiger partial charge in [-0.05, 0) is 54.2 Å². The van der Waals surface area contributed by atoms with E-state index in [0.29, 0.717) is 36.1 Å². The maximum Gasteiger partial charge on any atom is 0.194 e. The number of fused-ring (bicyclic) bond motifs is 1. The summed E-state index contributed by atoms with van der Waals surface area (Å²) in [6, 6.07) is 2.38. The second kappa shape index (κ2) is 6.38. The lowest BCUT2D eigenvalue weighted by Crippen LogP contribution is -2.06. The Morgan fingerprint density at radius 3 is 2.12 bits per heavy atom. The molecule has 0 unspecified atom stereocenters. The highest BCUT2D eigenvalue weighted by atomic mass is 19.2. The maximum atomic E-state index is 14.8. The SMILES string of the molecule is CCCC1=Cc2cc(F)c(-c3cc(F)c(F)c(F)c3)c(F)c2CC1. The first-order valence-corrected chi connectivity index (χ1v) is 7.77. The van der Waals surface area contributed by atoms with Gasteiger partial charge in [-0.2, -0.15) is 0 Å².